The van der Waals surface area contributed by atoms with Crippen LogP contribution in [0.15, 0.2) is 54.9 Å². The molecule has 4 rings (SSSR count). The number of fused-ring (bicyclic) bond motifs is 2. The number of hydrogen-bond acceptors (Lipinski definition) is 5. The number of benzene rings is 1. The Labute approximate surface area is 139 Å². The van der Waals surface area contributed by atoms with Crippen LogP contribution in [0, 0.1) is 0 Å². The van der Waals surface area contributed by atoms with Crippen molar-refractivity contribution in [3.63, 3.8) is 0 Å². The third-order valence-electron chi connectivity index (χ3n) is 3.54. The molecular formula is C18H17N5O. The second-order valence-electron chi connectivity index (χ2n) is 5.80. The zero-order chi connectivity index (χ0) is 16.5. The van der Waals surface area contributed by atoms with Gasteiger partial charge in [-0.15, -0.1) is 5.10 Å². The first-order chi connectivity index (χ1) is 11.7. The van der Waals surface area contributed by atoms with Gasteiger partial charge in [-0.25, -0.2) is 4.52 Å². The van der Waals surface area contributed by atoms with Crippen LogP contribution in [0.25, 0.3) is 16.6 Å². The summed E-state index contributed by atoms with van der Waals surface area (Å²) >= 11 is 0. The van der Waals surface area contributed by atoms with Crippen LogP contribution in [-0.2, 0) is 0 Å². The second kappa shape index (κ2) is 5.81. The molecule has 0 aliphatic rings. The van der Waals surface area contributed by atoms with Crippen LogP contribution in [-0.4, -0.2) is 25.7 Å². The molecule has 1 N–H and O–H groups in total. The maximum Gasteiger partial charge on any atom is 0.247 e. The van der Waals surface area contributed by atoms with Crippen molar-refractivity contribution in [1.82, 2.24) is 19.6 Å². The highest BCUT2D eigenvalue weighted by molar-refractivity contribution is 5.82. The smallest absolute Gasteiger partial charge is 0.247 e. The fourth-order valence-electron chi connectivity index (χ4n) is 2.54. The summed E-state index contributed by atoms with van der Waals surface area (Å²) in [6, 6.07) is 13.7. The van der Waals surface area contributed by atoms with Crippen molar-refractivity contribution in [2.75, 3.05) is 5.32 Å². The van der Waals surface area contributed by atoms with Crippen LogP contribution in [0.5, 0.6) is 5.75 Å². The maximum atomic E-state index is 5.69. The number of rotatable bonds is 4. The Balaban J connectivity index is 1.63. The molecule has 3 aromatic heterocycles. The van der Waals surface area contributed by atoms with E-state index < -0.39 is 0 Å². The molecule has 0 amide bonds. The highest BCUT2D eigenvalue weighted by atomic mass is 16.5. The first-order valence-electron chi connectivity index (χ1n) is 7.82. The molecule has 0 fully saturated rings. The van der Waals surface area contributed by atoms with E-state index in [9.17, 15) is 0 Å². The molecule has 24 heavy (non-hydrogen) atoms. The molecule has 0 spiro atoms. The first kappa shape index (κ1) is 14.4. The molecule has 0 saturated carbocycles. The van der Waals surface area contributed by atoms with Crippen molar-refractivity contribution in [2.45, 2.75) is 20.0 Å². The molecule has 4 aromatic rings. The van der Waals surface area contributed by atoms with Crippen molar-refractivity contribution < 1.29 is 4.74 Å². The summed E-state index contributed by atoms with van der Waals surface area (Å²) in [6.45, 7) is 3.99. The molecule has 0 aliphatic carbocycles. The summed E-state index contributed by atoms with van der Waals surface area (Å²) in [5.74, 6) is 1.33. The molecule has 3 heterocycles. The molecule has 0 unspecified atom stereocenters. The molecule has 6 nitrogen and oxygen atoms in total. The zero-order valence-electron chi connectivity index (χ0n) is 13.5. The van der Waals surface area contributed by atoms with E-state index in [0.717, 1.165) is 28.0 Å². The fourth-order valence-corrected chi connectivity index (χ4v) is 2.54. The van der Waals surface area contributed by atoms with Gasteiger partial charge in [0.15, 0.2) is 5.65 Å². The third-order valence-corrected chi connectivity index (χ3v) is 3.54. The van der Waals surface area contributed by atoms with Gasteiger partial charge in [0.2, 0.25) is 5.95 Å². The number of aromatic nitrogens is 4. The van der Waals surface area contributed by atoms with Crippen molar-refractivity contribution in [3.05, 3.63) is 54.9 Å². The van der Waals surface area contributed by atoms with E-state index in [2.05, 4.69) is 20.4 Å². The molecule has 0 saturated heterocycles. The third kappa shape index (κ3) is 2.86. The standard InChI is InChI=1S/C18H17N5O/c1-12(2)24-15-7-9-23-17(11-15)21-18(22-23)20-14-5-6-16-13(10-14)4-3-8-19-16/h3-12H,1-2H3,(H,20,22). The lowest BCUT2D eigenvalue weighted by Crippen LogP contribution is -2.05. The Morgan fingerprint density at radius 1 is 1.12 bits per heavy atom. The molecule has 0 radical (unpaired) electrons. The summed E-state index contributed by atoms with van der Waals surface area (Å²) < 4.78 is 7.41. The highest BCUT2D eigenvalue weighted by Gasteiger charge is 2.07. The number of ether oxygens (including phenoxy) is 1. The topological polar surface area (TPSA) is 64.3 Å². The van der Waals surface area contributed by atoms with Crippen LogP contribution in [0.1, 0.15) is 13.8 Å². The lowest BCUT2D eigenvalue weighted by Gasteiger charge is -2.08. The summed E-state index contributed by atoms with van der Waals surface area (Å²) in [4.78, 5) is 8.82. The van der Waals surface area contributed by atoms with Crippen LogP contribution < -0.4 is 10.1 Å². The van der Waals surface area contributed by atoms with Gasteiger partial charge in [0.1, 0.15) is 5.75 Å². The summed E-state index contributed by atoms with van der Waals surface area (Å²) in [6.07, 6.45) is 3.75. The van der Waals surface area contributed by atoms with Crippen LogP contribution in [0.4, 0.5) is 11.6 Å². The average Bonchev–Trinajstić information content (AvgIpc) is 2.95. The van der Waals surface area contributed by atoms with Gasteiger partial charge in [-0.05, 0) is 44.2 Å². The van der Waals surface area contributed by atoms with Gasteiger partial charge in [-0.1, -0.05) is 6.07 Å². The van der Waals surface area contributed by atoms with Crippen molar-refractivity contribution in [1.29, 1.82) is 0 Å². The summed E-state index contributed by atoms with van der Waals surface area (Å²) in [5, 5.41) is 8.73. The summed E-state index contributed by atoms with van der Waals surface area (Å²) in [7, 11) is 0. The molecular weight excluding hydrogens is 302 g/mol. The average molecular weight is 319 g/mol. The minimum absolute atomic E-state index is 0.124. The van der Waals surface area contributed by atoms with Gasteiger partial charge >= 0.3 is 0 Å². The highest BCUT2D eigenvalue weighted by Crippen LogP contribution is 2.21. The predicted octanol–water partition coefficient (Wildman–Crippen LogP) is 3.81. The number of pyridine rings is 2. The van der Waals surface area contributed by atoms with Gasteiger partial charge in [-0.2, -0.15) is 4.98 Å². The van der Waals surface area contributed by atoms with Crippen LogP contribution in [0.3, 0.4) is 0 Å². The maximum absolute atomic E-state index is 5.69. The monoisotopic (exact) mass is 319 g/mol. The van der Waals surface area contributed by atoms with E-state index in [-0.39, 0.29) is 6.10 Å². The fraction of sp³-hybridized carbons (Fsp3) is 0.167. The normalized spacial score (nSPS) is 11.3. The first-order valence-corrected chi connectivity index (χ1v) is 7.82. The zero-order valence-corrected chi connectivity index (χ0v) is 13.5. The van der Waals surface area contributed by atoms with Crippen molar-refractivity contribution in [2.24, 2.45) is 0 Å². The molecule has 1 aromatic carbocycles. The summed E-state index contributed by atoms with van der Waals surface area (Å²) in [5.41, 5.74) is 2.62. The Morgan fingerprint density at radius 2 is 2.04 bits per heavy atom. The van der Waals surface area contributed by atoms with Gasteiger partial charge in [0.05, 0.1) is 11.6 Å². The SMILES string of the molecule is CC(C)Oc1ccn2nc(Nc3ccc4ncccc4c3)nc2c1. The van der Waals surface area contributed by atoms with Gasteiger partial charge < -0.3 is 10.1 Å². The van der Waals surface area contributed by atoms with E-state index in [1.54, 1.807) is 10.7 Å². The van der Waals surface area contributed by atoms with E-state index in [0.29, 0.717) is 5.95 Å². The molecule has 0 atom stereocenters. The van der Waals surface area contributed by atoms with Gasteiger partial charge in [-0.3, -0.25) is 4.98 Å². The lowest BCUT2D eigenvalue weighted by atomic mass is 10.2. The molecule has 0 aliphatic heterocycles. The van der Waals surface area contributed by atoms with E-state index in [1.807, 2.05) is 62.5 Å². The Morgan fingerprint density at radius 3 is 2.92 bits per heavy atom. The minimum atomic E-state index is 0.124. The van der Waals surface area contributed by atoms with Gasteiger partial charge in [0.25, 0.3) is 0 Å². The number of hydrogen-bond donors (Lipinski definition) is 1. The van der Waals surface area contributed by atoms with E-state index >= 15 is 0 Å². The molecule has 120 valence electrons. The number of anilines is 2. The molecule has 0 bridgehead atoms. The second-order valence-corrected chi connectivity index (χ2v) is 5.80. The van der Waals surface area contributed by atoms with Gasteiger partial charge in [0, 0.05) is 29.5 Å². The quantitative estimate of drug-likeness (QED) is 0.619. The largest absolute Gasteiger partial charge is 0.491 e. The van der Waals surface area contributed by atoms with E-state index in [1.165, 1.54) is 0 Å². The van der Waals surface area contributed by atoms with Crippen molar-refractivity contribution in [3.8, 4) is 5.75 Å². The Bertz CT molecular complexity index is 1010. The van der Waals surface area contributed by atoms with E-state index in [4.69, 9.17) is 4.74 Å². The minimum Gasteiger partial charge on any atom is -0.491 e. The number of nitrogens with one attached hydrogen (secondary N) is 1. The number of nitrogens with zero attached hydrogens (tertiary/aromatic N) is 4. The Hall–Kier alpha value is -3.15. The molecule has 6 heteroatoms. The van der Waals surface area contributed by atoms with Crippen LogP contribution in [0.2, 0.25) is 0 Å². The van der Waals surface area contributed by atoms with Crippen molar-refractivity contribution >= 4 is 28.2 Å². The van der Waals surface area contributed by atoms with Crippen LogP contribution >= 0.6 is 0 Å². The predicted molar refractivity (Wildman–Crippen MR) is 93.8 cm³/mol. The Kier molecular flexibility index (Phi) is 3.49. The lowest BCUT2D eigenvalue weighted by molar-refractivity contribution is 0.242.